The summed E-state index contributed by atoms with van der Waals surface area (Å²) < 4.78 is 29.3. The molecule has 4 N–H and O–H groups in total. The Balaban J connectivity index is 0.864. The topological polar surface area (TPSA) is 211 Å². The van der Waals surface area contributed by atoms with E-state index in [-0.39, 0.29) is 59.0 Å². The number of benzene rings is 4. The lowest BCUT2D eigenvalue weighted by molar-refractivity contribution is -0.136. The van der Waals surface area contributed by atoms with Crippen molar-refractivity contribution in [2.24, 2.45) is 7.05 Å². The highest BCUT2D eigenvalue weighted by Crippen LogP contribution is 2.35. The molecule has 2 atom stereocenters. The average molecular weight is 870 g/mol. The van der Waals surface area contributed by atoms with Gasteiger partial charge in [0.2, 0.25) is 23.1 Å². The normalized spacial score (nSPS) is 15.3. The molecule has 1 fully saturated rings. The molecule has 0 aliphatic carbocycles. The molecule has 8 rings (SSSR count). The van der Waals surface area contributed by atoms with Crippen molar-refractivity contribution in [2.45, 2.75) is 71.6 Å². The van der Waals surface area contributed by atoms with Crippen molar-refractivity contribution in [1.29, 1.82) is 0 Å². The Morgan fingerprint density at radius 1 is 0.969 bits per heavy atom. The SMILES string of the molecule is CCc1ccc2c(c1)c(=O)c(C(=O)Nc1ccc(Oc3ncnc4cc(OCCCCC(O)Nc5cccc6c5C(=O)N(C5CCC(=O)NC5=O)C6=O)c(C)cc34)c(F)c1)c(C)n2C. The molecule has 2 aliphatic rings. The van der Waals surface area contributed by atoms with Gasteiger partial charge in [0.15, 0.2) is 11.6 Å². The number of nitrogens with zero attached hydrogens (tertiary/aromatic N) is 4. The van der Waals surface area contributed by atoms with E-state index in [1.165, 1.54) is 24.5 Å². The minimum Gasteiger partial charge on any atom is -0.493 e. The zero-order valence-electron chi connectivity index (χ0n) is 35.4. The second-order valence-electron chi connectivity index (χ2n) is 15.7. The van der Waals surface area contributed by atoms with E-state index in [0.717, 1.165) is 28.5 Å². The Kier molecular flexibility index (Phi) is 11.9. The van der Waals surface area contributed by atoms with E-state index in [0.29, 0.717) is 52.7 Å². The summed E-state index contributed by atoms with van der Waals surface area (Å²) >= 11 is 0. The molecule has 2 aromatic heterocycles. The third-order valence-electron chi connectivity index (χ3n) is 11.6. The molecule has 6 aromatic rings. The number of imide groups is 2. The van der Waals surface area contributed by atoms with Crippen LogP contribution in [0.15, 0.2) is 77.9 Å². The van der Waals surface area contributed by atoms with Gasteiger partial charge in [0.25, 0.3) is 17.7 Å². The number of fused-ring (bicyclic) bond motifs is 3. The van der Waals surface area contributed by atoms with Crippen molar-refractivity contribution in [2.75, 3.05) is 17.2 Å². The molecule has 5 amide bonds. The molecular formula is C47H44FN7O9. The van der Waals surface area contributed by atoms with Gasteiger partial charge in [-0.15, -0.1) is 0 Å². The number of aromatic nitrogens is 3. The summed E-state index contributed by atoms with van der Waals surface area (Å²) in [6.45, 7) is 5.80. The number of piperidine rings is 1. The highest BCUT2D eigenvalue weighted by Gasteiger charge is 2.45. The number of hydrogen-bond acceptors (Lipinski definition) is 12. The number of amides is 5. The number of halogens is 1. The summed E-state index contributed by atoms with van der Waals surface area (Å²) in [6, 6.07) is 16.6. The molecule has 0 saturated carbocycles. The first-order valence-electron chi connectivity index (χ1n) is 20.8. The first-order valence-corrected chi connectivity index (χ1v) is 20.8. The molecule has 64 heavy (non-hydrogen) atoms. The molecule has 4 aromatic carbocycles. The Hall–Kier alpha value is -7.53. The van der Waals surface area contributed by atoms with Crippen LogP contribution in [0.5, 0.6) is 17.4 Å². The molecular weight excluding hydrogens is 826 g/mol. The Morgan fingerprint density at radius 3 is 2.55 bits per heavy atom. The van der Waals surface area contributed by atoms with E-state index in [1.54, 1.807) is 48.9 Å². The van der Waals surface area contributed by atoms with Gasteiger partial charge in [0, 0.05) is 48.1 Å². The number of rotatable bonds is 14. The maximum absolute atomic E-state index is 15.5. The molecule has 0 bridgehead atoms. The van der Waals surface area contributed by atoms with E-state index in [1.807, 2.05) is 26.0 Å². The summed E-state index contributed by atoms with van der Waals surface area (Å²) in [7, 11) is 1.78. The maximum atomic E-state index is 15.5. The average Bonchev–Trinajstić information content (AvgIpc) is 3.52. The van der Waals surface area contributed by atoms with Crippen molar-refractivity contribution in [3.63, 3.8) is 0 Å². The molecule has 17 heteroatoms. The largest absolute Gasteiger partial charge is 0.493 e. The number of nitrogens with one attached hydrogen (secondary N) is 3. The molecule has 0 spiro atoms. The van der Waals surface area contributed by atoms with Crippen LogP contribution >= 0.6 is 0 Å². The van der Waals surface area contributed by atoms with Crippen molar-refractivity contribution < 1.29 is 42.9 Å². The number of anilines is 2. The minimum absolute atomic E-state index is 0.00656. The zero-order chi connectivity index (χ0) is 45.4. The van der Waals surface area contributed by atoms with E-state index < -0.39 is 53.1 Å². The van der Waals surface area contributed by atoms with Crippen LogP contribution in [0.4, 0.5) is 15.8 Å². The molecule has 16 nitrogen and oxygen atoms in total. The predicted octanol–water partition coefficient (Wildman–Crippen LogP) is 6.23. The summed E-state index contributed by atoms with van der Waals surface area (Å²) in [6.07, 6.45) is 2.35. The maximum Gasteiger partial charge on any atom is 0.264 e. The fourth-order valence-electron chi connectivity index (χ4n) is 8.07. The summed E-state index contributed by atoms with van der Waals surface area (Å²) in [5.74, 6) is -3.42. The first-order chi connectivity index (χ1) is 30.7. The van der Waals surface area contributed by atoms with E-state index in [2.05, 4.69) is 25.9 Å². The number of ether oxygens (including phenoxy) is 2. The molecule has 0 radical (unpaired) electrons. The van der Waals surface area contributed by atoms with Gasteiger partial charge < -0.3 is 29.8 Å². The first kappa shape index (κ1) is 43.1. The van der Waals surface area contributed by atoms with Crippen molar-refractivity contribution in [3.8, 4) is 17.4 Å². The quantitative estimate of drug-likeness (QED) is 0.0546. The van der Waals surface area contributed by atoms with Crippen LogP contribution in [0.3, 0.4) is 0 Å². The van der Waals surface area contributed by atoms with Gasteiger partial charge in [-0.1, -0.05) is 19.1 Å². The number of aliphatic hydroxyl groups is 1. The van der Waals surface area contributed by atoms with Crippen molar-refractivity contribution >= 4 is 62.7 Å². The van der Waals surface area contributed by atoms with Crippen LogP contribution < -0.4 is 30.9 Å². The monoisotopic (exact) mass is 869 g/mol. The molecule has 2 unspecified atom stereocenters. The van der Waals surface area contributed by atoms with E-state index in [4.69, 9.17) is 9.47 Å². The molecule has 4 heterocycles. The number of aryl methyl sites for hydroxylation is 3. The summed E-state index contributed by atoms with van der Waals surface area (Å²) in [5.41, 5.74) is 3.47. The highest BCUT2D eigenvalue weighted by atomic mass is 19.1. The summed E-state index contributed by atoms with van der Waals surface area (Å²) in [4.78, 5) is 87.0. The lowest BCUT2D eigenvalue weighted by Crippen LogP contribution is -2.54. The second-order valence-corrected chi connectivity index (χ2v) is 15.7. The fourth-order valence-corrected chi connectivity index (χ4v) is 8.07. The second kappa shape index (κ2) is 17.7. The number of pyridine rings is 1. The van der Waals surface area contributed by atoms with Gasteiger partial charge in [0.1, 0.15) is 29.9 Å². The standard InChI is InChI=1S/C47H44FN7O9/c1-5-26-12-14-34-30(20-26)42(58)40(25(3)54(34)4)44(60)51-27-13-16-36(31(48)21-27)64-45-29-19-24(2)37(22-33(29)49-23-50-45)63-18-7-6-11-38(56)52-32-10-8-9-28-41(32)47(62)55(46(28)61)35-15-17-39(57)53-43(35)59/h8-10,12-14,16,19-23,35,38,52,56H,5-7,11,15,17-18H2,1-4H3,(H,51,60)(H,53,57,59). The van der Waals surface area contributed by atoms with Gasteiger partial charge in [-0.05, 0) is 99.5 Å². The van der Waals surface area contributed by atoms with Crippen molar-refractivity contribution in [3.05, 3.63) is 123 Å². The van der Waals surface area contributed by atoms with E-state index in [9.17, 15) is 33.9 Å². The van der Waals surface area contributed by atoms with Crippen LogP contribution in [0.1, 0.15) is 86.9 Å². The minimum atomic E-state index is -1.10. The van der Waals surface area contributed by atoms with Gasteiger partial charge in [-0.3, -0.25) is 39.0 Å². The van der Waals surface area contributed by atoms with Gasteiger partial charge in [-0.25, -0.2) is 14.4 Å². The lowest BCUT2D eigenvalue weighted by Gasteiger charge is -2.27. The van der Waals surface area contributed by atoms with Crippen LogP contribution in [0, 0.1) is 19.7 Å². The fraction of sp³-hybridized carbons (Fsp3) is 0.277. The van der Waals surface area contributed by atoms with Crippen LogP contribution in [0.25, 0.3) is 21.8 Å². The lowest BCUT2D eigenvalue weighted by atomic mass is 10.0. The molecule has 1 saturated heterocycles. The van der Waals surface area contributed by atoms with E-state index >= 15 is 4.39 Å². The van der Waals surface area contributed by atoms with Gasteiger partial charge in [0.05, 0.1) is 34.2 Å². The van der Waals surface area contributed by atoms with Crippen molar-refractivity contribution in [1.82, 2.24) is 24.8 Å². The third-order valence-corrected chi connectivity index (χ3v) is 11.6. The Labute approximate surface area is 365 Å². The van der Waals surface area contributed by atoms with Crippen LogP contribution in [-0.2, 0) is 23.1 Å². The smallest absolute Gasteiger partial charge is 0.264 e. The number of hydrogen-bond donors (Lipinski definition) is 4. The molecule has 328 valence electrons. The number of carbonyl (C=O) groups is 5. The number of unbranched alkanes of at least 4 members (excludes halogenated alkanes) is 1. The van der Waals surface area contributed by atoms with Gasteiger partial charge in [-0.2, -0.15) is 0 Å². The van der Waals surface area contributed by atoms with Gasteiger partial charge >= 0.3 is 0 Å². The highest BCUT2D eigenvalue weighted by molar-refractivity contribution is 6.25. The third kappa shape index (κ3) is 8.24. The summed E-state index contributed by atoms with van der Waals surface area (Å²) in [5, 5.41) is 19.5. The van der Waals surface area contributed by atoms with Crippen LogP contribution in [-0.4, -0.2) is 73.0 Å². The zero-order valence-corrected chi connectivity index (χ0v) is 35.4. The molecule has 2 aliphatic heterocycles. The number of carbonyl (C=O) groups excluding carboxylic acids is 5. The number of aliphatic hydroxyl groups excluding tert-OH is 1. The van der Waals surface area contributed by atoms with Crippen LogP contribution in [0.2, 0.25) is 0 Å². The predicted molar refractivity (Wildman–Crippen MR) is 234 cm³/mol. The Bertz CT molecular complexity index is 2990. The Morgan fingerprint density at radius 2 is 1.78 bits per heavy atom.